The standard InChI is InChI=1S/C9H7F2NO5/c10-9(11,8(14)15)7(13)5-1-3-6(4-2-5)12(16)17/h1-4,7,13H,(H,14,15). The molecule has 0 spiro atoms. The second-order valence-corrected chi connectivity index (χ2v) is 3.18. The zero-order valence-corrected chi connectivity index (χ0v) is 8.21. The van der Waals surface area contributed by atoms with Crippen LogP contribution in [0.1, 0.15) is 11.7 Å². The Morgan fingerprint density at radius 2 is 1.82 bits per heavy atom. The van der Waals surface area contributed by atoms with Crippen molar-refractivity contribution in [1.29, 1.82) is 0 Å². The Bertz CT molecular complexity index is 445. The zero-order valence-electron chi connectivity index (χ0n) is 8.21. The number of benzene rings is 1. The maximum Gasteiger partial charge on any atom is 0.377 e. The van der Waals surface area contributed by atoms with E-state index >= 15 is 0 Å². The summed E-state index contributed by atoms with van der Waals surface area (Å²) in [6.07, 6.45) is -2.55. The molecular formula is C9H7F2NO5. The largest absolute Gasteiger partial charge is 0.477 e. The highest BCUT2D eigenvalue weighted by Gasteiger charge is 2.47. The lowest BCUT2D eigenvalue weighted by molar-refractivity contribution is -0.384. The number of nitro benzene ring substituents is 1. The maximum atomic E-state index is 12.9. The minimum Gasteiger partial charge on any atom is -0.477 e. The Morgan fingerprint density at radius 1 is 1.35 bits per heavy atom. The van der Waals surface area contributed by atoms with E-state index in [4.69, 9.17) is 10.2 Å². The minimum absolute atomic E-state index is 0.348. The van der Waals surface area contributed by atoms with Gasteiger partial charge >= 0.3 is 11.9 Å². The number of non-ortho nitro benzene ring substituents is 1. The molecule has 2 N–H and O–H groups in total. The summed E-state index contributed by atoms with van der Waals surface area (Å²) in [5, 5.41) is 27.6. The summed E-state index contributed by atoms with van der Waals surface area (Å²) in [4.78, 5) is 19.7. The first-order valence-corrected chi connectivity index (χ1v) is 4.30. The van der Waals surface area contributed by atoms with Crippen LogP contribution < -0.4 is 0 Å². The number of rotatable bonds is 4. The molecule has 1 rings (SSSR count). The van der Waals surface area contributed by atoms with E-state index in [-0.39, 0.29) is 5.69 Å². The average Bonchev–Trinajstić information content (AvgIpc) is 2.27. The normalized spacial score (nSPS) is 13.1. The molecule has 1 unspecified atom stereocenters. The molecule has 0 bridgehead atoms. The van der Waals surface area contributed by atoms with Crippen molar-refractivity contribution in [2.75, 3.05) is 0 Å². The van der Waals surface area contributed by atoms with Gasteiger partial charge in [-0.3, -0.25) is 10.1 Å². The molecule has 0 saturated carbocycles. The summed E-state index contributed by atoms with van der Waals surface area (Å²) in [6, 6.07) is 3.55. The summed E-state index contributed by atoms with van der Waals surface area (Å²) in [6.45, 7) is 0. The van der Waals surface area contributed by atoms with E-state index in [1.165, 1.54) is 0 Å². The SMILES string of the molecule is O=C(O)C(F)(F)C(O)c1ccc([N+](=O)[O-])cc1. The highest BCUT2D eigenvalue weighted by atomic mass is 19.3. The van der Waals surface area contributed by atoms with Crippen molar-refractivity contribution in [1.82, 2.24) is 0 Å². The molecule has 0 aliphatic carbocycles. The van der Waals surface area contributed by atoms with Crippen LogP contribution in [-0.4, -0.2) is 27.0 Å². The Labute approximate surface area is 93.3 Å². The van der Waals surface area contributed by atoms with Gasteiger partial charge in [-0.1, -0.05) is 0 Å². The molecule has 1 aromatic rings. The van der Waals surface area contributed by atoms with E-state index in [9.17, 15) is 23.7 Å². The first-order valence-electron chi connectivity index (χ1n) is 4.30. The second kappa shape index (κ2) is 4.42. The van der Waals surface area contributed by atoms with Crippen molar-refractivity contribution in [3.63, 3.8) is 0 Å². The molecule has 8 heteroatoms. The van der Waals surface area contributed by atoms with Crippen LogP contribution in [0.3, 0.4) is 0 Å². The van der Waals surface area contributed by atoms with Crippen LogP contribution in [0.15, 0.2) is 24.3 Å². The van der Waals surface area contributed by atoms with Crippen LogP contribution in [0.25, 0.3) is 0 Å². The Kier molecular flexibility index (Phi) is 3.37. The Morgan fingerprint density at radius 3 is 2.18 bits per heavy atom. The van der Waals surface area contributed by atoms with Gasteiger partial charge in [0.15, 0.2) is 6.10 Å². The number of hydrogen-bond donors (Lipinski definition) is 2. The van der Waals surface area contributed by atoms with E-state index in [0.717, 1.165) is 24.3 Å². The molecule has 0 radical (unpaired) electrons. The van der Waals surface area contributed by atoms with Crippen molar-refractivity contribution in [3.8, 4) is 0 Å². The maximum absolute atomic E-state index is 12.9. The molecule has 0 aliphatic heterocycles. The zero-order chi connectivity index (χ0) is 13.2. The number of carbonyl (C=O) groups is 1. The average molecular weight is 247 g/mol. The van der Waals surface area contributed by atoms with Gasteiger partial charge in [-0.15, -0.1) is 0 Å². The number of nitrogens with zero attached hydrogens (tertiary/aromatic N) is 1. The third-order valence-corrected chi connectivity index (χ3v) is 2.05. The van der Waals surface area contributed by atoms with Gasteiger partial charge in [-0.25, -0.2) is 4.79 Å². The van der Waals surface area contributed by atoms with Gasteiger partial charge in [0.1, 0.15) is 0 Å². The third kappa shape index (κ3) is 2.53. The fourth-order valence-corrected chi connectivity index (χ4v) is 1.10. The minimum atomic E-state index is -4.35. The lowest BCUT2D eigenvalue weighted by Crippen LogP contribution is -2.35. The molecule has 0 fully saturated rings. The van der Waals surface area contributed by atoms with E-state index in [2.05, 4.69) is 0 Å². The van der Waals surface area contributed by atoms with E-state index in [0.29, 0.717) is 0 Å². The first kappa shape index (κ1) is 13.0. The summed E-state index contributed by atoms with van der Waals surface area (Å²) < 4.78 is 25.8. The van der Waals surface area contributed by atoms with Gasteiger partial charge in [0.2, 0.25) is 0 Å². The van der Waals surface area contributed by atoms with E-state index < -0.39 is 28.5 Å². The summed E-state index contributed by atoms with van der Waals surface area (Å²) in [5.74, 6) is -6.82. The van der Waals surface area contributed by atoms with Crippen molar-refractivity contribution in [2.24, 2.45) is 0 Å². The number of aliphatic hydroxyl groups excluding tert-OH is 1. The summed E-state index contributed by atoms with van der Waals surface area (Å²) >= 11 is 0. The number of aliphatic carboxylic acids is 1. The molecule has 92 valence electrons. The molecule has 0 saturated heterocycles. The second-order valence-electron chi connectivity index (χ2n) is 3.18. The van der Waals surface area contributed by atoms with Gasteiger partial charge in [0, 0.05) is 12.1 Å². The lowest BCUT2D eigenvalue weighted by Gasteiger charge is -2.18. The van der Waals surface area contributed by atoms with Crippen LogP contribution in [0.5, 0.6) is 0 Å². The van der Waals surface area contributed by atoms with Gasteiger partial charge in [-0.2, -0.15) is 8.78 Å². The van der Waals surface area contributed by atoms with Crippen molar-refractivity contribution >= 4 is 11.7 Å². The molecule has 0 amide bonds. The number of carboxylic acid groups (broad SMARTS) is 1. The quantitative estimate of drug-likeness (QED) is 0.617. The third-order valence-electron chi connectivity index (χ3n) is 2.05. The predicted molar refractivity (Wildman–Crippen MR) is 50.6 cm³/mol. The van der Waals surface area contributed by atoms with Crippen LogP contribution >= 0.6 is 0 Å². The lowest BCUT2D eigenvalue weighted by atomic mass is 10.0. The Balaban J connectivity index is 3.02. The fraction of sp³-hybridized carbons (Fsp3) is 0.222. The van der Waals surface area contributed by atoms with E-state index in [1.54, 1.807) is 0 Å². The molecule has 0 aliphatic rings. The number of nitro groups is 1. The predicted octanol–water partition coefficient (Wildman–Crippen LogP) is 1.35. The summed E-state index contributed by atoms with van der Waals surface area (Å²) in [7, 11) is 0. The Hall–Kier alpha value is -2.09. The molecule has 1 atom stereocenters. The first-order chi connectivity index (χ1) is 7.76. The molecular weight excluding hydrogens is 240 g/mol. The fourth-order valence-electron chi connectivity index (χ4n) is 1.10. The number of aliphatic hydroxyl groups is 1. The van der Waals surface area contributed by atoms with Gasteiger partial charge in [0.05, 0.1) is 4.92 Å². The highest BCUT2D eigenvalue weighted by Crippen LogP contribution is 2.32. The van der Waals surface area contributed by atoms with Gasteiger partial charge in [0.25, 0.3) is 5.69 Å². The smallest absolute Gasteiger partial charge is 0.377 e. The number of carboxylic acids is 1. The number of alkyl halides is 2. The van der Waals surface area contributed by atoms with Crippen LogP contribution in [0.2, 0.25) is 0 Å². The van der Waals surface area contributed by atoms with Crippen molar-refractivity contribution < 1.29 is 28.7 Å². The van der Waals surface area contributed by atoms with Gasteiger partial charge in [-0.05, 0) is 17.7 Å². The van der Waals surface area contributed by atoms with Crippen LogP contribution in [-0.2, 0) is 4.79 Å². The van der Waals surface area contributed by atoms with E-state index in [1.807, 2.05) is 0 Å². The highest BCUT2D eigenvalue weighted by molar-refractivity contribution is 5.76. The van der Waals surface area contributed by atoms with Gasteiger partial charge < -0.3 is 10.2 Å². The number of halogens is 2. The molecule has 17 heavy (non-hydrogen) atoms. The van der Waals surface area contributed by atoms with Crippen LogP contribution in [0.4, 0.5) is 14.5 Å². The monoisotopic (exact) mass is 247 g/mol. The summed E-state index contributed by atoms with van der Waals surface area (Å²) in [5.41, 5.74) is -0.761. The van der Waals surface area contributed by atoms with Crippen molar-refractivity contribution in [2.45, 2.75) is 12.0 Å². The van der Waals surface area contributed by atoms with Crippen molar-refractivity contribution in [3.05, 3.63) is 39.9 Å². The number of hydrogen-bond acceptors (Lipinski definition) is 4. The molecule has 6 nitrogen and oxygen atoms in total. The molecule has 0 heterocycles. The molecule has 0 aromatic heterocycles. The topological polar surface area (TPSA) is 101 Å². The molecule has 1 aromatic carbocycles. The van der Waals surface area contributed by atoms with Crippen LogP contribution in [0, 0.1) is 10.1 Å².